The van der Waals surface area contributed by atoms with Crippen molar-refractivity contribution in [3.8, 4) is 5.75 Å². The van der Waals surface area contributed by atoms with Gasteiger partial charge in [-0.15, -0.1) is 0 Å². The van der Waals surface area contributed by atoms with E-state index in [1.807, 2.05) is 30.3 Å². The molecule has 6 nitrogen and oxygen atoms in total. The Balaban J connectivity index is 1.27. The molecule has 2 atom stereocenters. The van der Waals surface area contributed by atoms with Gasteiger partial charge in [-0.05, 0) is 23.8 Å². The lowest BCUT2D eigenvalue weighted by atomic mass is 10.1. The number of para-hydroxylation sites is 1. The summed E-state index contributed by atoms with van der Waals surface area (Å²) < 4.78 is 11.1. The maximum Gasteiger partial charge on any atom is 0.225 e. The van der Waals surface area contributed by atoms with E-state index in [4.69, 9.17) is 9.15 Å². The zero-order valence-electron chi connectivity index (χ0n) is 13.8. The molecule has 0 unspecified atom stereocenters. The summed E-state index contributed by atoms with van der Waals surface area (Å²) in [5.74, 6) is 1.20. The largest absolute Gasteiger partial charge is 0.488 e. The van der Waals surface area contributed by atoms with Gasteiger partial charge in [0.15, 0.2) is 0 Å². The number of rotatable bonds is 5. The highest BCUT2D eigenvalue weighted by molar-refractivity contribution is 5.89. The third-order valence-corrected chi connectivity index (χ3v) is 4.73. The van der Waals surface area contributed by atoms with Crippen molar-refractivity contribution in [2.45, 2.75) is 25.5 Å². The number of carbonyl (C=O) groups is 2. The van der Waals surface area contributed by atoms with Crippen LogP contribution in [0.1, 0.15) is 17.7 Å². The summed E-state index contributed by atoms with van der Waals surface area (Å²) in [4.78, 5) is 26.2. The van der Waals surface area contributed by atoms with E-state index in [0.717, 1.165) is 17.9 Å². The molecule has 1 aromatic heterocycles. The number of nitrogens with one attached hydrogen (secondary N) is 1. The van der Waals surface area contributed by atoms with E-state index in [1.165, 1.54) is 5.56 Å². The van der Waals surface area contributed by atoms with Crippen LogP contribution in [-0.2, 0) is 22.6 Å². The average molecular weight is 340 g/mol. The molecule has 1 aromatic carbocycles. The Kier molecular flexibility index (Phi) is 4.17. The summed E-state index contributed by atoms with van der Waals surface area (Å²) in [5.41, 5.74) is 1.17. The van der Waals surface area contributed by atoms with Gasteiger partial charge in [0, 0.05) is 19.4 Å². The average Bonchev–Trinajstić information content (AvgIpc) is 3.33. The molecule has 1 fully saturated rings. The van der Waals surface area contributed by atoms with Crippen LogP contribution in [0.5, 0.6) is 5.75 Å². The van der Waals surface area contributed by atoms with Crippen molar-refractivity contribution in [3.05, 3.63) is 54.0 Å². The SMILES string of the molecule is O=C(NC[C@@H]1Cc2ccccc2O1)[C@@H]1CC(=O)N(Cc2ccco2)C1. The van der Waals surface area contributed by atoms with Crippen LogP contribution in [0.2, 0.25) is 0 Å². The van der Waals surface area contributed by atoms with Crippen LogP contribution in [0.3, 0.4) is 0 Å². The fourth-order valence-electron chi connectivity index (χ4n) is 3.42. The normalized spacial score (nSPS) is 21.9. The van der Waals surface area contributed by atoms with Crippen molar-refractivity contribution in [1.29, 1.82) is 0 Å². The first-order valence-electron chi connectivity index (χ1n) is 8.51. The minimum atomic E-state index is -0.314. The Morgan fingerprint density at radius 1 is 1.20 bits per heavy atom. The molecule has 2 aliphatic heterocycles. The van der Waals surface area contributed by atoms with Gasteiger partial charge in [-0.25, -0.2) is 0 Å². The Bertz CT molecular complexity index is 746. The van der Waals surface area contributed by atoms with Crippen molar-refractivity contribution in [2.75, 3.05) is 13.1 Å². The molecule has 6 heteroatoms. The zero-order chi connectivity index (χ0) is 17.2. The van der Waals surface area contributed by atoms with Crippen molar-refractivity contribution < 1.29 is 18.7 Å². The number of furan rings is 1. The van der Waals surface area contributed by atoms with Gasteiger partial charge in [0.25, 0.3) is 0 Å². The van der Waals surface area contributed by atoms with E-state index < -0.39 is 0 Å². The Hall–Kier alpha value is -2.76. The summed E-state index contributed by atoms with van der Waals surface area (Å²) in [6, 6.07) is 11.5. The van der Waals surface area contributed by atoms with Gasteiger partial charge in [0.1, 0.15) is 17.6 Å². The van der Waals surface area contributed by atoms with E-state index in [-0.39, 0.29) is 30.3 Å². The fourth-order valence-corrected chi connectivity index (χ4v) is 3.42. The number of nitrogens with zero attached hydrogens (tertiary/aromatic N) is 1. The second-order valence-corrected chi connectivity index (χ2v) is 6.55. The summed E-state index contributed by atoms with van der Waals surface area (Å²) >= 11 is 0. The molecule has 25 heavy (non-hydrogen) atoms. The van der Waals surface area contributed by atoms with Crippen LogP contribution in [0.15, 0.2) is 47.1 Å². The molecule has 1 saturated heterocycles. The molecule has 2 aliphatic rings. The highest BCUT2D eigenvalue weighted by atomic mass is 16.5. The van der Waals surface area contributed by atoms with Gasteiger partial charge in [0.05, 0.1) is 25.3 Å². The number of carbonyl (C=O) groups excluding carboxylic acids is 2. The van der Waals surface area contributed by atoms with E-state index in [0.29, 0.717) is 19.6 Å². The minimum absolute atomic E-state index is 0.0129. The van der Waals surface area contributed by atoms with E-state index in [9.17, 15) is 9.59 Å². The number of hydrogen-bond acceptors (Lipinski definition) is 4. The molecular formula is C19H20N2O4. The second-order valence-electron chi connectivity index (χ2n) is 6.55. The van der Waals surface area contributed by atoms with Crippen LogP contribution in [-0.4, -0.2) is 35.9 Å². The Morgan fingerprint density at radius 3 is 2.88 bits per heavy atom. The van der Waals surface area contributed by atoms with Crippen molar-refractivity contribution in [2.24, 2.45) is 5.92 Å². The van der Waals surface area contributed by atoms with Gasteiger partial charge < -0.3 is 19.4 Å². The highest BCUT2D eigenvalue weighted by Gasteiger charge is 2.35. The lowest BCUT2D eigenvalue weighted by molar-refractivity contribution is -0.129. The third-order valence-electron chi connectivity index (χ3n) is 4.73. The Morgan fingerprint density at radius 2 is 2.08 bits per heavy atom. The summed E-state index contributed by atoms with van der Waals surface area (Å²) in [5, 5.41) is 2.94. The van der Waals surface area contributed by atoms with E-state index >= 15 is 0 Å². The van der Waals surface area contributed by atoms with Crippen molar-refractivity contribution in [3.63, 3.8) is 0 Å². The second kappa shape index (κ2) is 6.63. The van der Waals surface area contributed by atoms with Crippen molar-refractivity contribution in [1.82, 2.24) is 10.2 Å². The van der Waals surface area contributed by atoms with Crippen LogP contribution >= 0.6 is 0 Å². The molecule has 0 saturated carbocycles. The van der Waals surface area contributed by atoms with Gasteiger partial charge in [-0.1, -0.05) is 18.2 Å². The quantitative estimate of drug-likeness (QED) is 0.900. The van der Waals surface area contributed by atoms with Crippen molar-refractivity contribution >= 4 is 11.8 Å². The van der Waals surface area contributed by atoms with E-state index in [2.05, 4.69) is 5.32 Å². The standard InChI is InChI=1S/C19H20N2O4/c22-18-9-14(11-21(18)12-15-5-3-7-24-15)19(23)20-10-16-8-13-4-1-2-6-17(13)25-16/h1-7,14,16H,8-12H2,(H,20,23)/t14-,16+/m1/s1. The molecule has 130 valence electrons. The summed E-state index contributed by atoms with van der Waals surface area (Å²) in [7, 11) is 0. The summed E-state index contributed by atoms with van der Waals surface area (Å²) in [6.07, 6.45) is 2.58. The number of ether oxygens (including phenoxy) is 1. The maximum absolute atomic E-state index is 12.4. The first-order valence-corrected chi connectivity index (χ1v) is 8.51. The maximum atomic E-state index is 12.4. The molecular weight excluding hydrogens is 320 g/mol. The Labute approximate surface area is 145 Å². The smallest absolute Gasteiger partial charge is 0.225 e. The molecule has 0 bridgehead atoms. The lowest BCUT2D eigenvalue weighted by Gasteiger charge is -2.16. The highest BCUT2D eigenvalue weighted by Crippen LogP contribution is 2.28. The zero-order valence-corrected chi connectivity index (χ0v) is 13.8. The van der Waals surface area contributed by atoms with Crippen LogP contribution in [0, 0.1) is 5.92 Å². The predicted molar refractivity (Wildman–Crippen MR) is 89.8 cm³/mol. The fraction of sp³-hybridized carbons (Fsp3) is 0.368. The lowest BCUT2D eigenvalue weighted by Crippen LogP contribution is -2.38. The van der Waals surface area contributed by atoms with Crippen LogP contribution < -0.4 is 10.1 Å². The first-order chi connectivity index (χ1) is 12.2. The molecule has 1 N–H and O–H groups in total. The number of amides is 2. The number of benzene rings is 1. The monoisotopic (exact) mass is 340 g/mol. The molecule has 0 aliphatic carbocycles. The molecule has 2 amide bonds. The van der Waals surface area contributed by atoms with Gasteiger partial charge in [0.2, 0.25) is 11.8 Å². The van der Waals surface area contributed by atoms with Crippen LogP contribution in [0.25, 0.3) is 0 Å². The number of hydrogen-bond donors (Lipinski definition) is 1. The van der Waals surface area contributed by atoms with Crippen LogP contribution in [0.4, 0.5) is 0 Å². The molecule has 0 spiro atoms. The molecule has 4 rings (SSSR count). The minimum Gasteiger partial charge on any atom is -0.488 e. The third kappa shape index (κ3) is 3.38. The first kappa shape index (κ1) is 15.7. The summed E-state index contributed by atoms with van der Waals surface area (Å²) in [6.45, 7) is 1.30. The predicted octanol–water partition coefficient (Wildman–Crippen LogP) is 1.75. The molecule has 0 radical (unpaired) electrons. The topological polar surface area (TPSA) is 71.8 Å². The number of fused-ring (bicyclic) bond motifs is 1. The van der Waals surface area contributed by atoms with Gasteiger partial charge >= 0.3 is 0 Å². The van der Waals surface area contributed by atoms with Gasteiger partial charge in [-0.2, -0.15) is 0 Å². The molecule has 3 heterocycles. The van der Waals surface area contributed by atoms with Gasteiger partial charge in [-0.3, -0.25) is 9.59 Å². The van der Waals surface area contributed by atoms with E-state index in [1.54, 1.807) is 17.2 Å². The molecule has 2 aromatic rings. The number of likely N-dealkylation sites (tertiary alicyclic amines) is 1.